The first-order chi connectivity index (χ1) is 9.05. The lowest BCUT2D eigenvalue weighted by molar-refractivity contribution is -0.120. The van der Waals surface area contributed by atoms with E-state index < -0.39 is 0 Å². The van der Waals surface area contributed by atoms with Crippen molar-refractivity contribution in [1.82, 2.24) is 10.6 Å². The molecule has 19 heavy (non-hydrogen) atoms. The number of thiocarbonyl (C=S) groups is 1. The topological polar surface area (TPSA) is 70.2 Å². The molecule has 0 heterocycles. The minimum absolute atomic E-state index is 0.0357. The van der Waals surface area contributed by atoms with Crippen LogP contribution in [0.25, 0.3) is 0 Å². The van der Waals surface area contributed by atoms with Crippen molar-refractivity contribution in [2.24, 2.45) is 0 Å². The summed E-state index contributed by atoms with van der Waals surface area (Å²) < 4.78 is 0. The maximum Gasteiger partial charge on any atom is 0.225 e. The fraction of sp³-hybridized carbons (Fsp3) is 0.308. The summed E-state index contributed by atoms with van der Waals surface area (Å²) in [6, 6.07) is 7.29. The third-order valence-corrected chi connectivity index (χ3v) is 2.63. The molecule has 3 N–H and O–H groups in total. The second-order valence-corrected chi connectivity index (χ2v) is 4.31. The number of carbonyl (C=O) groups is 2. The molecule has 0 bridgehead atoms. The van der Waals surface area contributed by atoms with Crippen molar-refractivity contribution in [3.8, 4) is 0 Å². The van der Waals surface area contributed by atoms with Crippen LogP contribution in [0, 0.1) is 0 Å². The van der Waals surface area contributed by atoms with Crippen molar-refractivity contribution in [2.75, 3.05) is 12.4 Å². The van der Waals surface area contributed by atoms with Crippen molar-refractivity contribution in [3.05, 3.63) is 29.8 Å². The Bertz CT molecular complexity index is 471. The van der Waals surface area contributed by atoms with Gasteiger partial charge in [0.25, 0.3) is 0 Å². The van der Waals surface area contributed by atoms with Crippen molar-refractivity contribution < 1.29 is 9.59 Å². The van der Waals surface area contributed by atoms with Gasteiger partial charge in [0.15, 0.2) is 5.11 Å². The highest BCUT2D eigenvalue weighted by atomic mass is 32.1. The Morgan fingerprint density at radius 3 is 2.32 bits per heavy atom. The Morgan fingerprint density at radius 1 is 1.16 bits per heavy atom. The molecule has 0 saturated heterocycles. The van der Waals surface area contributed by atoms with Gasteiger partial charge in [0.05, 0.1) is 6.42 Å². The third-order valence-electron chi connectivity index (χ3n) is 2.43. The number of anilines is 1. The zero-order valence-corrected chi connectivity index (χ0v) is 11.8. The van der Waals surface area contributed by atoms with Gasteiger partial charge in [-0.2, -0.15) is 0 Å². The first-order valence-electron chi connectivity index (χ1n) is 5.95. The molecule has 0 aliphatic rings. The highest BCUT2D eigenvalue weighted by Gasteiger charge is 2.03. The van der Waals surface area contributed by atoms with Crippen LogP contribution in [0.3, 0.4) is 0 Å². The van der Waals surface area contributed by atoms with E-state index in [0.717, 1.165) is 11.3 Å². The van der Waals surface area contributed by atoms with Gasteiger partial charge < -0.3 is 16.0 Å². The van der Waals surface area contributed by atoms with E-state index >= 15 is 0 Å². The summed E-state index contributed by atoms with van der Waals surface area (Å²) in [4.78, 5) is 22.3. The molecule has 0 saturated carbocycles. The van der Waals surface area contributed by atoms with Crippen molar-refractivity contribution in [1.29, 1.82) is 0 Å². The number of nitrogens with one attached hydrogen (secondary N) is 3. The van der Waals surface area contributed by atoms with Gasteiger partial charge in [0.1, 0.15) is 0 Å². The maximum atomic E-state index is 11.2. The van der Waals surface area contributed by atoms with Gasteiger partial charge in [-0.25, -0.2) is 0 Å². The van der Waals surface area contributed by atoms with Gasteiger partial charge in [-0.05, 0) is 29.9 Å². The Balaban J connectivity index is 2.54. The van der Waals surface area contributed by atoms with E-state index in [2.05, 4.69) is 16.0 Å². The van der Waals surface area contributed by atoms with Gasteiger partial charge in [-0.3, -0.25) is 9.59 Å². The van der Waals surface area contributed by atoms with E-state index in [1.54, 1.807) is 14.0 Å². The van der Waals surface area contributed by atoms with E-state index in [4.69, 9.17) is 12.2 Å². The number of carbonyl (C=O) groups excluding carboxylic acids is 2. The van der Waals surface area contributed by atoms with Crippen molar-refractivity contribution >= 4 is 34.8 Å². The molecule has 0 atom stereocenters. The lowest BCUT2D eigenvalue weighted by Crippen LogP contribution is -2.33. The van der Waals surface area contributed by atoms with Crippen LogP contribution in [0.2, 0.25) is 0 Å². The SMILES string of the molecule is CCC(=O)NC(=S)Nc1ccc(CC(=O)NC)cc1. The molecule has 2 amide bonds. The summed E-state index contributed by atoms with van der Waals surface area (Å²) in [7, 11) is 1.60. The first-order valence-corrected chi connectivity index (χ1v) is 6.36. The summed E-state index contributed by atoms with van der Waals surface area (Å²) >= 11 is 4.99. The molecular formula is C13H17N3O2S. The molecule has 102 valence electrons. The molecule has 0 aliphatic carbocycles. The average Bonchev–Trinajstić information content (AvgIpc) is 2.40. The Hall–Kier alpha value is -1.95. The number of hydrogen-bond donors (Lipinski definition) is 3. The molecule has 0 spiro atoms. The quantitative estimate of drug-likeness (QED) is 0.724. The average molecular weight is 279 g/mol. The summed E-state index contributed by atoms with van der Waals surface area (Å²) in [5.41, 5.74) is 1.68. The van der Waals surface area contributed by atoms with E-state index in [9.17, 15) is 9.59 Å². The van der Waals surface area contributed by atoms with Crippen molar-refractivity contribution in [3.63, 3.8) is 0 Å². The van der Waals surface area contributed by atoms with Crippen LogP contribution in [0.5, 0.6) is 0 Å². The number of benzene rings is 1. The second kappa shape index (κ2) is 7.48. The van der Waals surface area contributed by atoms with Crippen LogP contribution >= 0.6 is 12.2 Å². The summed E-state index contributed by atoms with van der Waals surface area (Å²) in [5.74, 6) is -0.167. The predicted molar refractivity (Wildman–Crippen MR) is 78.9 cm³/mol. The largest absolute Gasteiger partial charge is 0.359 e. The molecule has 0 fully saturated rings. The smallest absolute Gasteiger partial charge is 0.225 e. The highest BCUT2D eigenvalue weighted by molar-refractivity contribution is 7.80. The third kappa shape index (κ3) is 5.48. The maximum absolute atomic E-state index is 11.2. The molecular weight excluding hydrogens is 262 g/mol. The zero-order chi connectivity index (χ0) is 14.3. The lowest BCUT2D eigenvalue weighted by Gasteiger charge is -2.09. The van der Waals surface area contributed by atoms with Gasteiger partial charge >= 0.3 is 0 Å². The van der Waals surface area contributed by atoms with Crippen LogP contribution in [0.4, 0.5) is 5.69 Å². The normalized spacial score (nSPS) is 9.58. The molecule has 0 aromatic heterocycles. The molecule has 5 nitrogen and oxygen atoms in total. The molecule has 1 aromatic carbocycles. The lowest BCUT2D eigenvalue weighted by atomic mass is 10.1. The summed E-state index contributed by atoms with van der Waals surface area (Å²) in [5, 5.41) is 8.29. The number of rotatable bonds is 4. The Kier molecular flexibility index (Phi) is 5.95. The molecule has 0 radical (unpaired) electrons. The van der Waals surface area contributed by atoms with E-state index in [0.29, 0.717) is 12.8 Å². The van der Waals surface area contributed by atoms with Crippen LogP contribution in [0.1, 0.15) is 18.9 Å². The van der Waals surface area contributed by atoms with Crippen LogP contribution in [-0.4, -0.2) is 24.0 Å². The predicted octanol–water partition coefficient (Wildman–Crippen LogP) is 1.20. The Labute approximate surface area is 117 Å². The van der Waals surface area contributed by atoms with Crippen LogP contribution in [0.15, 0.2) is 24.3 Å². The first kappa shape index (κ1) is 15.1. The van der Waals surface area contributed by atoms with Crippen molar-refractivity contribution in [2.45, 2.75) is 19.8 Å². The summed E-state index contributed by atoms with van der Waals surface area (Å²) in [6.07, 6.45) is 0.723. The standard InChI is InChI=1S/C13H17N3O2S/c1-3-11(17)16-13(19)15-10-6-4-9(5-7-10)8-12(18)14-2/h4-7H,3,8H2,1-2H3,(H,14,18)(H2,15,16,17,19). The fourth-order valence-corrected chi connectivity index (χ4v) is 1.59. The van der Waals surface area contributed by atoms with Crippen LogP contribution < -0.4 is 16.0 Å². The van der Waals surface area contributed by atoms with Crippen LogP contribution in [-0.2, 0) is 16.0 Å². The molecule has 1 aromatic rings. The number of hydrogen-bond acceptors (Lipinski definition) is 3. The monoisotopic (exact) mass is 279 g/mol. The van der Waals surface area contributed by atoms with Gasteiger partial charge in [-0.1, -0.05) is 19.1 Å². The molecule has 0 unspecified atom stereocenters. The number of likely N-dealkylation sites (N-methyl/N-ethyl adjacent to an activating group) is 1. The second-order valence-electron chi connectivity index (χ2n) is 3.90. The Morgan fingerprint density at radius 2 is 1.79 bits per heavy atom. The minimum atomic E-state index is -0.131. The minimum Gasteiger partial charge on any atom is -0.359 e. The zero-order valence-electron chi connectivity index (χ0n) is 10.9. The van der Waals surface area contributed by atoms with E-state index in [1.165, 1.54) is 0 Å². The van der Waals surface area contributed by atoms with Gasteiger partial charge in [0, 0.05) is 19.2 Å². The molecule has 6 heteroatoms. The van der Waals surface area contributed by atoms with E-state index in [1.807, 2.05) is 24.3 Å². The van der Waals surface area contributed by atoms with E-state index in [-0.39, 0.29) is 16.9 Å². The molecule has 0 aliphatic heterocycles. The van der Waals surface area contributed by atoms with Gasteiger partial charge in [-0.15, -0.1) is 0 Å². The highest BCUT2D eigenvalue weighted by Crippen LogP contribution is 2.10. The van der Waals surface area contributed by atoms with Gasteiger partial charge in [0.2, 0.25) is 11.8 Å². The summed E-state index contributed by atoms with van der Waals surface area (Å²) in [6.45, 7) is 1.76. The molecule has 1 rings (SSSR count). The number of amides is 2. The fourth-order valence-electron chi connectivity index (χ4n) is 1.36.